The van der Waals surface area contributed by atoms with Gasteiger partial charge in [-0.3, -0.25) is 4.79 Å². The highest BCUT2D eigenvalue weighted by Gasteiger charge is 2.16. The zero-order valence-corrected chi connectivity index (χ0v) is 11.7. The van der Waals surface area contributed by atoms with Crippen molar-refractivity contribution in [2.75, 3.05) is 20.1 Å². The quantitative estimate of drug-likeness (QED) is 0.773. The molecule has 2 atom stereocenters. The number of piperidine rings is 1. The molecule has 1 saturated heterocycles. The van der Waals surface area contributed by atoms with E-state index in [0.29, 0.717) is 24.3 Å². The molecule has 0 bridgehead atoms. The highest BCUT2D eigenvalue weighted by molar-refractivity contribution is 5.75. The molecule has 1 rings (SSSR count). The van der Waals surface area contributed by atoms with Crippen LogP contribution in [0.5, 0.6) is 0 Å². The highest BCUT2D eigenvalue weighted by Crippen LogP contribution is 2.13. The molecule has 17 heavy (non-hydrogen) atoms. The van der Waals surface area contributed by atoms with Gasteiger partial charge >= 0.3 is 0 Å². The van der Waals surface area contributed by atoms with E-state index in [0.717, 1.165) is 25.9 Å². The van der Waals surface area contributed by atoms with Crippen molar-refractivity contribution in [3.63, 3.8) is 0 Å². The minimum Gasteiger partial charge on any atom is -0.345 e. The van der Waals surface area contributed by atoms with Crippen molar-refractivity contribution in [2.45, 2.75) is 58.4 Å². The molecule has 1 aliphatic heterocycles. The lowest BCUT2D eigenvalue weighted by atomic mass is 10.00. The fraction of sp³-hybridized carbons (Fsp3) is 0.929. The molecule has 0 aliphatic carbocycles. The van der Waals surface area contributed by atoms with Crippen LogP contribution in [-0.4, -0.2) is 37.0 Å². The van der Waals surface area contributed by atoms with Gasteiger partial charge in [-0.25, -0.2) is 0 Å². The Morgan fingerprint density at radius 1 is 1.47 bits per heavy atom. The minimum atomic E-state index is 0.303. The Labute approximate surface area is 106 Å². The number of hydrogen-bond donors (Lipinski definition) is 1. The topological polar surface area (TPSA) is 32.3 Å². The predicted molar refractivity (Wildman–Crippen MR) is 72.0 cm³/mol. The van der Waals surface area contributed by atoms with Gasteiger partial charge in [0.2, 0.25) is 5.91 Å². The van der Waals surface area contributed by atoms with E-state index in [4.69, 9.17) is 0 Å². The van der Waals surface area contributed by atoms with Crippen molar-refractivity contribution in [2.24, 2.45) is 5.92 Å². The van der Waals surface area contributed by atoms with Crippen molar-refractivity contribution in [3.8, 4) is 0 Å². The average Bonchev–Trinajstić information content (AvgIpc) is 2.36. The molecule has 1 heterocycles. The molecule has 1 aliphatic rings. The summed E-state index contributed by atoms with van der Waals surface area (Å²) in [5, 5.41) is 3.49. The maximum Gasteiger partial charge on any atom is 0.222 e. The van der Waals surface area contributed by atoms with Crippen LogP contribution < -0.4 is 5.32 Å². The van der Waals surface area contributed by atoms with Gasteiger partial charge in [0.25, 0.3) is 0 Å². The molecule has 0 aromatic rings. The van der Waals surface area contributed by atoms with Crippen LogP contribution in [0.15, 0.2) is 0 Å². The van der Waals surface area contributed by atoms with Gasteiger partial charge in [0.05, 0.1) is 0 Å². The Kier molecular flexibility index (Phi) is 6.56. The number of amides is 1. The molecule has 0 spiro atoms. The van der Waals surface area contributed by atoms with Crippen LogP contribution in [0.4, 0.5) is 0 Å². The summed E-state index contributed by atoms with van der Waals surface area (Å²) in [7, 11) is 1.93. The van der Waals surface area contributed by atoms with E-state index in [9.17, 15) is 4.79 Å². The second kappa shape index (κ2) is 7.70. The second-order valence-corrected chi connectivity index (χ2v) is 5.47. The van der Waals surface area contributed by atoms with Crippen LogP contribution in [0.1, 0.15) is 52.4 Å². The molecule has 0 aromatic heterocycles. The first kappa shape index (κ1) is 14.5. The fourth-order valence-corrected chi connectivity index (χ4v) is 2.36. The summed E-state index contributed by atoms with van der Waals surface area (Å²) in [5.41, 5.74) is 0. The third kappa shape index (κ3) is 5.53. The molecular formula is C14H28N2O. The molecule has 2 unspecified atom stereocenters. The molecule has 3 heteroatoms. The zero-order chi connectivity index (χ0) is 12.7. The molecule has 100 valence electrons. The highest BCUT2D eigenvalue weighted by atomic mass is 16.2. The first-order valence-corrected chi connectivity index (χ1v) is 7.10. The lowest BCUT2D eigenvalue weighted by Crippen LogP contribution is -2.36. The minimum absolute atomic E-state index is 0.303. The zero-order valence-electron chi connectivity index (χ0n) is 11.7. The number of rotatable bonds is 6. The number of carbonyl (C=O) groups excluding carboxylic acids is 1. The normalized spacial score (nSPS) is 22.2. The van der Waals surface area contributed by atoms with Gasteiger partial charge < -0.3 is 10.2 Å². The molecule has 1 amide bonds. The Bertz CT molecular complexity index is 224. The van der Waals surface area contributed by atoms with Crippen LogP contribution in [-0.2, 0) is 4.79 Å². The van der Waals surface area contributed by atoms with E-state index in [1.54, 1.807) is 0 Å². The number of nitrogens with one attached hydrogen (secondary N) is 1. The number of hydrogen-bond acceptors (Lipinski definition) is 2. The molecule has 0 radical (unpaired) electrons. The summed E-state index contributed by atoms with van der Waals surface area (Å²) in [6.07, 6.45) is 6.69. The number of nitrogens with zero attached hydrogens (tertiary/aromatic N) is 1. The van der Waals surface area contributed by atoms with Gasteiger partial charge in [-0.1, -0.05) is 26.7 Å². The maximum atomic E-state index is 11.9. The van der Waals surface area contributed by atoms with Gasteiger partial charge in [0.1, 0.15) is 0 Å². The molecule has 1 fully saturated rings. The summed E-state index contributed by atoms with van der Waals surface area (Å²) in [5.74, 6) is 0.912. The van der Waals surface area contributed by atoms with Gasteiger partial charge in [-0.15, -0.1) is 0 Å². The van der Waals surface area contributed by atoms with Crippen LogP contribution in [0.25, 0.3) is 0 Å². The Morgan fingerprint density at radius 2 is 2.24 bits per heavy atom. The molecule has 0 saturated carbocycles. The van der Waals surface area contributed by atoms with Gasteiger partial charge in [0.15, 0.2) is 0 Å². The fourth-order valence-electron chi connectivity index (χ4n) is 2.36. The van der Waals surface area contributed by atoms with Gasteiger partial charge in [-0.2, -0.15) is 0 Å². The van der Waals surface area contributed by atoms with E-state index >= 15 is 0 Å². The van der Waals surface area contributed by atoms with Crippen LogP contribution in [0, 0.1) is 5.92 Å². The smallest absolute Gasteiger partial charge is 0.222 e. The first-order chi connectivity index (χ1) is 8.13. The lowest BCUT2D eigenvalue weighted by Gasteiger charge is -2.25. The number of carbonyl (C=O) groups is 1. The van der Waals surface area contributed by atoms with E-state index in [-0.39, 0.29) is 0 Å². The van der Waals surface area contributed by atoms with Crippen LogP contribution in [0.3, 0.4) is 0 Å². The summed E-state index contributed by atoms with van der Waals surface area (Å²) in [4.78, 5) is 13.8. The van der Waals surface area contributed by atoms with Crippen molar-refractivity contribution in [3.05, 3.63) is 0 Å². The van der Waals surface area contributed by atoms with Crippen LogP contribution in [0.2, 0.25) is 0 Å². The largest absolute Gasteiger partial charge is 0.345 e. The third-order valence-electron chi connectivity index (χ3n) is 3.83. The molecule has 1 N–H and O–H groups in total. The maximum absolute atomic E-state index is 11.9. The molecular weight excluding hydrogens is 212 g/mol. The lowest BCUT2D eigenvalue weighted by molar-refractivity contribution is -0.130. The Balaban J connectivity index is 2.18. The third-order valence-corrected chi connectivity index (χ3v) is 3.83. The second-order valence-electron chi connectivity index (χ2n) is 5.47. The Morgan fingerprint density at radius 3 is 2.82 bits per heavy atom. The summed E-state index contributed by atoms with van der Waals surface area (Å²) in [6.45, 7) is 6.40. The summed E-state index contributed by atoms with van der Waals surface area (Å²) >= 11 is 0. The monoisotopic (exact) mass is 240 g/mol. The summed E-state index contributed by atoms with van der Waals surface area (Å²) < 4.78 is 0. The van der Waals surface area contributed by atoms with Crippen molar-refractivity contribution < 1.29 is 4.79 Å². The van der Waals surface area contributed by atoms with E-state index in [1.807, 2.05) is 11.9 Å². The van der Waals surface area contributed by atoms with E-state index < -0.39 is 0 Å². The van der Waals surface area contributed by atoms with Crippen molar-refractivity contribution in [1.29, 1.82) is 0 Å². The molecule has 3 nitrogen and oxygen atoms in total. The SMILES string of the molecule is CCC(C)CN(C)C(=O)CCC1CCCCN1. The average molecular weight is 240 g/mol. The van der Waals surface area contributed by atoms with Crippen molar-refractivity contribution in [1.82, 2.24) is 10.2 Å². The van der Waals surface area contributed by atoms with Crippen LogP contribution >= 0.6 is 0 Å². The standard InChI is InChI=1S/C14H28N2O/c1-4-12(2)11-16(3)14(17)9-8-13-7-5-6-10-15-13/h12-13,15H,4-11H2,1-3H3. The predicted octanol–water partition coefficient (Wildman–Crippen LogP) is 2.41. The summed E-state index contributed by atoms with van der Waals surface area (Å²) in [6, 6.07) is 0.574. The van der Waals surface area contributed by atoms with E-state index in [1.165, 1.54) is 19.3 Å². The first-order valence-electron chi connectivity index (χ1n) is 7.10. The Hall–Kier alpha value is -0.570. The van der Waals surface area contributed by atoms with Crippen molar-refractivity contribution >= 4 is 5.91 Å². The van der Waals surface area contributed by atoms with Gasteiger partial charge in [-0.05, 0) is 31.7 Å². The van der Waals surface area contributed by atoms with E-state index in [2.05, 4.69) is 19.2 Å². The molecule has 0 aromatic carbocycles. The van der Waals surface area contributed by atoms with Gasteiger partial charge in [0, 0.05) is 26.1 Å².